The highest BCUT2D eigenvalue weighted by Crippen LogP contribution is 2.31. The van der Waals surface area contributed by atoms with Crippen molar-refractivity contribution in [2.75, 3.05) is 12.3 Å². The fraction of sp³-hybridized carbons (Fsp3) is 0.400. The van der Waals surface area contributed by atoms with Gasteiger partial charge >= 0.3 is 0 Å². The predicted octanol–water partition coefficient (Wildman–Crippen LogP) is 1.84. The van der Waals surface area contributed by atoms with E-state index in [1.54, 1.807) is 13.0 Å². The zero-order chi connectivity index (χ0) is 13.9. The Balaban J connectivity index is 3.06. The molecule has 0 fully saturated rings. The topological polar surface area (TPSA) is 92.4 Å². The lowest BCUT2D eigenvalue weighted by atomic mass is 10.3. The van der Waals surface area contributed by atoms with Gasteiger partial charge in [0.05, 0.1) is 11.8 Å². The summed E-state index contributed by atoms with van der Waals surface area (Å²) < 4.78 is 27.5. The molecule has 1 atom stereocenters. The smallest absolute Gasteiger partial charge is 0.243 e. The lowest BCUT2D eigenvalue weighted by Crippen LogP contribution is -2.32. The molecular weight excluding hydrogens is 388 g/mol. The molecule has 0 amide bonds. The van der Waals surface area contributed by atoms with Crippen LogP contribution in [-0.4, -0.2) is 26.2 Å². The van der Waals surface area contributed by atoms with E-state index in [0.29, 0.717) is 15.4 Å². The molecule has 1 aromatic rings. The highest BCUT2D eigenvalue weighted by atomic mass is 79.9. The lowest BCUT2D eigenvalue weighted by molar-refractivity contribution is 0.174. The van der Waals surface area contributed by atoms with E-state index in [4.69, 9.17) is 5.73 Å². The second-order valence-corrected chi connectivity index (χ2v) is 7.19. The number of sulfonamides is 1. The number of nitrogens with two attached hydrogens (primary N) is 1. The summed E-state index contributed by atoms with van der Waals surface area (Å²) in [6, 6.07) is 3.11. The minimum Gasteiger partial charge on any atom is -0.398 e. The van der Waals surface area contributed by atoms with Crippen molar-refractivity contribution < 1.29 is 13.5 Å². The van der Waals surface area contributed by atoms with Crippen LogP contribution < -0.4 is 10.5 Å². The van der Waals surface area contributed by atoms with Crippen LogP contribution in [0.1, 0.15) is 13.3 Å². The highest BCUT2D eigenvalue weighted by molar-refractivity contribution is 9.11. The van der Waals surface area contributed by atoms with Crippen molar-refractivity contribution in [2.24, 2.45) is 0 Å². The Kier molecular flexibility index (Phi) is 5.60. The van der Waals surface area contributed by atoms with Crippen LogP contribution in [0.5, 0.6) is 0 Å². The maximum atomic E-state index is 12.1. The number of hydrogen-bond donors (Lipinski definition) is 3. The van der Waals surface area contributed by atoms with Crippen molar-refractivity contribution in [1.82, 2.24) is 4.72 Å². The fourth-order valence-electron chi connectivity index (χ4n) is 1.29. The van der Waals surface area contributed by atoms with E-state index in [-0.39, 0.29) is 17.1 Å². The molecule has 0 radical (unpaired) electrons. The average molecular weight is 402 g/mol. The normalized spacial score (nSPS) is 13.6. The number of aliphatic hydroxyl groups excluding tert-OH is 1. The summed E-state index contributed by atoms with van der Waals surface area (Å²) in [5, 5.41) is 9.37. The molecule has 1 unspecified atom stereocenters. The molecule has 102 valence electrons. The highest BCUT2D eigenvalue weighted by Gasteiger charge is 2.22. The summed E-state index contributed by atoms with van der Waals surface area (Å²) in [4.78, 5) is -0.0194. The first-order chi connectivity index (χ1) is 8.27. The van der Waals surface area contributed by atoms with E-state index in [1.807, 2.05) is 0 Å². The molecule has 0 aromatic heterocycles. The summed E-state index contributed by atoms with van der Waals surface area (Å²) >= 11 is 6.39. The number of hydrogen-bond acceptors (Lipinski definition) is 4. The first kappa shape index (κ1) is 15.9. The van der Waals surface area contributed by atoms with Gasteiger partial charge in [-0.3, -0.25) is 0 Å². The van der Waals surface area contributed by atoms with Gasteiger partial charge in [0.1, 0.15) is 4.90 Å². The number of halogens is 2. The molecule has 0 aliphatic rings. The van der Waals surface area contributed by atoms with Gasteiger partial charge in [-0.25, -0.2) is 13.1 Å². The third-order valence-electron chi connectivity index (χ3n) is 2.29. The summed E-state index contributed by atoms with van der Waals surface area (Å²) in [6.07, 6.45) is -0.241. The third-order valence-corrected chi connectivity index (χ3v) is 5.17. The van der Waals surface area contributed by atoms with Crippen LogP contribution in [0.25, 0.3) is 0 Å². The van der Waals surface area contributed by atoms with Crippen LogP contribution in [-0.2, 0) is 10.0 Å². The SMILES string of the molecule is CCC(O)CNS(=O)(=O)c1c(N)cc(Br)cc1Br. The summed E-state index contributed by atoms with van der Waals surface area (Å²) in [5.74, 6) is 0. The second kappa shape index (κ2) is 6.33. The standard InChI is InChI=1S/C10H14Br2N2O3S/c1-2-7(15)5-14-18(16,17)10-8(12)3-6(11)4-9(10)13/h3-4,7,14-15H,2,5,13H2,1H3. The summed E-state index contributed by atoms with van der Waals surface area (Å²) in [7, 11) is -3.75. The van der Waals surface area contributed by atoms with Gasteiger partial charge in [-0.05, 0) is 34.5 Å². The van der Waals surface area contributed by atoms with Gasteiger partial charge in [-0.15, -0.1) is 0 Å². The van der Waals surface area contributed by atoms with E-state index < -0.39 is 16.1 Å². The first-order valence-electron chi connectivity index (χ1n) is 5.20. The molecule has 0 aliphatic carbocycles. The van der Waals surface area contributed by atoms with Crippen LogP contribution in [0.2, 0.25) is 0 Å². The van der Waals surface area contributed by atoms with Gasteiger partial charge in [0, 0.05) is 15.5 Å². The summed E-state index contributed by atoms with van der Waals surface area (Å²) in [5.41, 5.74) is 5.84. The Morgan fingerprint density at radius 3 is 2.56 bits per heavy atom. The Morgan fingerprint density at radius 2 is 2.06 bits per heavy atom. The van der Waals surface area contributed by atoms with Crippen LogP contribution in [0.3, 0.4) is 0 Å². The van der Waals surface area contributed by atoms with Crippen LogP contribution >= 0.6 is 31.9 Å². The summed E-state index contributed by atoms with van der Waals surface area (Å²) in [6.45, 7) is 1.73. The zero-order valence-corrected chi connectivity index (χ0v) is 13.6. The molecule has 0 heterocycles. The van der Waals surface area contributed by atoms with Gasteiger partial charge in [0.15, 0.2) is 0 Å². The molecule has 8 heteroatoms. The van der Waals surface area contributed by atoms with Crippen LogP contribution in [0.4, 0.5) is 5.69 Å². The third kappa shape index (κ3) is 3.92. The largest absolute Gasteiger partial charge is 0.398 e. The van der Waals surface area contributed by atoms with Crippen LogP contribution in [0.15, 0.2) is 26.0 Å². The molecule has 0 spiro atoms. The number of nitrogens with one attached hydrogen (secondary N) is 1. The first-order valence-corrected chi connectivity index (χ1v) is 8.27. The number of benzene rings is 1. The maximum Gasteiger partial charge on any atom is 0.243 e. The lowest BCUT2D eigenvalue weighted by Gasteiger charge is -2.13. The van der Waals surface area contributed by atoms with Crippen molar-refractivity contribution in [1.29, 1.82) is 0 Å². The van der Waals surface area contributed by atoms with Crippen molar-refractivity contribution in [3.05, 3.63) is 21.1 Å². The second-order valence-electron chi connectivity index (χ2n) is 3.72. The minimum absolute atomic E-state index is 0.0194. The van der Waals surface area contributed by atoms with Crippen LogP contribution in [0, 0.1) is 0 Å². The van der Waals surface area contributed by atoms with Crippen molar-refractivity contribution in [3.63, 3.8) is 0 Å². The van der Waals surface area contributed by atoms with Gasteiger partial charge in [-0.1, -0.05) is 22.9 Å². The Labute approximate surface area is 123 Å². The predicted molar refractivity (Wildman–Crippen MR) is 77.7 cm³/mol. The van der Waals surface area contributed by atoms with Gasteiger partial charge < -0.3 is 10.8 Å². The molecule has 0 saturated heterocycles. The quantitative estimate of drug-likeness (QED) is 0.656. The van der Waals surface area contributed by atoms with E-state index in [2.05, 4.69) is 36.6 Å². The Morgan fingerprint density at radius 1 is 1.44 bits per heavy atom. The average Bonchev–Trinajstić information content (AvgIpc) is 2.24. The molecule has 0 aliphatic heterocycles. The molecule has 0 saturated carbocycles. The number of anilines is 1. The van der Waals surface area contributed by atoms with Gasteiger partial charge in [-0.2, -0.15) is 0 Å². The Bertz CT molecular complexity index is 511. The van der Waals surface area contributed by atoms with Crippen molar-refractivity contribution in [2.45, 2.75) is 24.3 Å². The van der Waals surface area contributed by atoms with Gasteiger partial charge in [0.25, 0.3) is 0 Å². The number of nitrogen functional groups attached to an aromatic ring is 1. The fourth-order valence-corrected chi connectivity index (χ4v) is 4.42. The molecule has 5 nitrogen and oxygen atoms in total. The molecule has 18 heavy (non-hydrogen) atoms. The zero-order valence-electron chi connectivity index (χ0n) is 9.65. The molecule has 0 bridgehead atoms. The van der Waals surface area contributed by atoms with Gasteiger partial charge in [0.2, 0.25) is 10.0 Å². The molecule has 4 N–H and O–H groups in total. The minimum atomic E-state index is -3.75. The number of aliphatic hydroxyl groups is 1. The van der Waals surface area contributed by atoms with Crippen molar-refractivity contribution in [3.8, 4) is 0 Å². The molecular formula is C10H14Br2N2O3S. The van der Waals surface area contributed by atoms with E-state index in [9.17, 15) is 13.5 Å². The van der Waals surface area contributed by atoms with E-state index >= 15 is 0 Å². The number of rotatable bonds is 5. The molecule has 1 rings (SSSR count). The maximum absolute atomic E-state index is 12.1. The van der Waals surface area contributed by atoms with Crippen molar-refractivity contribution >= 4 is 47.6 Å². The van der Waals surface area contributed by atoms with E-state index in [0.717, 1.165) is 0 Å². The Hall–Kier alpha value is -0.150. The molecule has 1 aromatic carbocycles. The monoisotopic (exact) mass is 400 g/mol. The van der Waals surface area contributed by atoms with E-state index in [1.165, 1.54) is 6.07 Å².